The minimum Gasteiger partial charge on any atom is -0.462 e. The number of hydrogen-bond acceptors (Lipinski definition) is 15. The molecule has 0 radical (unpaired) electrons. The summed E-state index contributed by atoms with van der Waals surface area (Å²) < 4.78 is 68.2. The van der Waals surface area contributed by atoms with E-state index in [0.717, 1.165) is 109 Å². The van der Waals surface area contributed by atoms with Gasteiger partial charge in [0.1, 0.15) is 19.3 Å². The van der Waals surface area contributed by atoms with Crippen LogP contribution in [0.1, 0.15) is 369 Å². The number of phosphoric acid groups is 2. The molecule has 0 aromatic carbocycles. The van der Waals surface area contributed by atoms with Gasteiger partial charge in [0.15, 0.2) is 12.2 Å². The summed E-state index contributed by atoms with van der Waals surface area (Å²) in [5.41, 5.74) is 0. The van der Waals surface area contributed by atoms with Crippen LogP contribution in [-0.2, 0) is 65.4 Å². The average Bonchev–Trinajstić information content (AvgIpc) is 3.73. The first kappa shape index (κ1) is 88.1. The van der Waals surface area contributed by atoms with Crippen LogP contribution in [0.15, 0.2) is 0 Å². The van der Waals surface area contributed by atoms with Crippen LogP contribution in [0.5, 0.6) is 0 Å². The van der Waals surface area contributed by atoms with E-state index in [1.807, 2.05) is 0 Å². The molecule has 0 aliphatic heterocycles. The minimum atomic E-state index is -4.95. The molecule has 3 N–H and O–H groups in total. The van der Waals surface area contributed by atoms with Crippen LogP contribution in [0, 0.1) is 5.92 Å². The van der Waals surface area contributed by atoms with Gasteiger partial charge in [-0.2, -0.15) is 0 Å². The number of esters is 4. The van der Waals surface area contributed by atoms with Crippen LogP contribution in [-0.4, -0.2) is 96.7 Å². The Morgan fingerprint density at radius 2 is 0.511 bits per heavy atom. The van der Waals surface area contributed by atoms with E-state index < -0.39 is 97.5 Å². The van der Waals surface area contributed by atoms with Crippen molar-refractivity contribution in [3.8, 4) is 0 Å². The molecule has 0 aliphatic rings. The summed E-state index contributed by atoms with van der Waals surface area (Å²) in [4.78, 5) is 72.4. The summed E-state index contributed by atoms with van der Waals surface area (Å²) in [6.07, 6.45) is 51.4. The zero-order valence-corrected chi connectivity index (χ0v) is 60.1. The van der Waals surface area contributed by atoms with Gasteiger partial charge in [0.25, 0.3) is 0 Å². The highest BCUT2D eigenvalue weighted by Crippen LogP contribution is 2.45. The number of hydrogen-bond donors (Lipinski definition) is 3. The number of ether oxygens (including phenoxy) is 4. The topological polar surface area (TPSA) is 237 Å². The quantitative estimate of drug-likeness (QED) is 0.0222. The van der Waals surface area contributed by atoms with Gasteiger partial charge in [-0.25, -0.2) is 9.13 Å². The van der Waals surface area contributed by atoms with Gasteiger partial charge in [0.2, 0.25) is 0 Å². The largest absolute Gasteiger partial charge is 0.472 e. The fourth-order valence-corrected chi connectivity index (χ4v) is 12.4. The van der Waals surface area contributed by atoms with Crippen molar-refractivity contribution in [2.24, 2.45) is 5.92 Å². The third-order valence-electron chi connectivity index (χ3n) is 16.5. The molecule has 0 aromatic heterocycles. The molecule has 0 fully saturated rings. The van der Waals surface area contributed by atoms with Crippen LogP contribution >= 0.6 is 15.6 Å². The molecule has 0 spiro atoms. The van der Waals surface area contributed by atoms with E-state index in [-0.39, 0.29) is 25.7 Å². The van der Waals surface area contributed by atoms with E-state index in [1.54, 1.807) is 0 Å². The molecule has 5 atom stereocenters. The number of carbonyl (C=O) groups excluding carboxylic acids is 4. The maximum absolute atomic E-state index is 13.0. The van der Waals surface area contributed by atoms with Crippen molar-refractivity contribution in [1.29, 1.82) is 0 Å². The highest BCUT2D eigenvalue weighted by Gasteiger charge is 2.30. The molecule has 0 aromatic rings. The molecule has 2 unspecified atom stereocenters. The molecule has 90 heavy (non-hydrogen) atoms. The second kappa shape index (κ2) is 64.4. The molecule has 0 amide bonds. The van der Waals surface area contributed by atoms with Gasteiger partial charge in [-0.05, 0) is 31.6 Å². The standard InChI is InChI=1S/C71H138O17P2/c1-6-9-12-15-18-20-22-23-25-29-32-36-40-45-50-55-69(74)82-61-67(88-71(76)57-52-47-42-37-33-30-27-24-26-28-31-34-39-43-48-53-64(4)5)63-86-90(79,80)84-59-65(72)58-83-89(77,78)85-62-66(60-81-68(73)54-49-44-38-17-14-11-8-3)87-70(75)56-51-46-41-35-21-19-16-13-10-7-2/h64-67,72H,6-63H2,1-5H3,(H,77,78)(H,79,80)/t65-,66+,67+/m0/s1. The predicted octanol–water partition coefficient (Wildman–Crippen LogP) is 20.5. The van der Waals surface area contributed by atoms with Gasteiger partial charge in [-0.1, -0.05) is 317 Å². The molecule has 0 bridgehead atoms. The fourth-order valence-electron chi connectivity index (χ4n) is 10.8. The lowest BCUT2D eigenvalue weighted by Gasteiger charge is -2.21. The van der Waals surface area contributed by atoms with Crippen LogP contribution in [0.2, 0.25) is 0 Å². The summed E-state index contributed by atoms with van der Waals surface area (Å²) in [6.45, 7) is 7.24. The Balaban J connectivity index is 5.18. The highest BCUT2D eigenvalue weighted by molar-refractivity contribution is 7.47. The van der Waals surface area contributed by atoms with Crippen molar-refractivity contribution in [2.45, 2.75) is 387 Å². The Kier molecular flexibility index (Phi) is 63.0. The summed E-state index contributed by atoms with van der Waals surface area (Å²) in [5.74, 6) is -1.32. The van der Waals surface area contributed by atoms with Crippen molar-refractivity contribution < 1.29 is 80.2 Å². The first-order valence-corrected chi connectivity index (χ1v) is 40.1. The van der Waals surface area contributed by atoms with E-state index in [0.29, 0.717) is 25.7 Å². The molecule has 17 nitrogen and oxygen atoms in total. The predicted molar refractivity (Wildman–Crippen MR) is 363 cm³/mol. The van der Waals surface area contributed by atoms with Crippen molar-refractivity contribution in [1.82, 2.24) is 0 Å². The number of phosphoric ester groups is 2. The maximum Gasteiger partial charge on any atom is 0.472 e. The molecular weight excluding hydrogens is 1190 g/mol. The third kappa shape index (κ3) is 64.8. The normalized spacial score (nSPS) is 14.1. The first-order valence-electron chi connectivity index (χ1n) is 37.1. The Hall–Kier alpha value is -1.94. The summed E-state index contributed by atoms with van der Waals surface area (Å²) >= 11 is 0. The number of aliphatic hydroxyl groups is 1. The SMILES string of the molecule is CCCCCCCCCCCCCCCCCC(=O)OC[C@H](COP(=O)(O)OC[C@@H](O)COP(=O)(O)OC[C@@H](COC(=O)CCCCCCCCC)OC(=O)CCCCCCCCCCCC)OC(=O)CCCCCCCCCCCCCCCCCC(C)C. The third-order valence-corrected chi connectivity index (χ3v) is 18.4. The van der Waals surface area contributed by atoms with Gasteiger partial charge in [-0.15, -0.1) is 0 Å². The Bertz CT molecular complexity index is 1740. The molecule has 0 saturated carbocycles. The second-order valence-electron chi connectivity index (χ2n) is 26.1. The van der Waals surface area contributed by atoms with Gasteiger partial charge in [-0.3, -0.25) is 37.3 Å². The van der Waals surface area contributed by atoms with Gasteiger partial charge in [0.05, 0.1) is 26.4 Å². The summed E-state index contributed by atoms with van der Waals surface area (Å²) in [6, 6.07) is 0. The molecular formula is C71H138O17P2. The molecule has 0 aliphatic carbocycles. The summed E-state index contributed by atoms with van der Waals surface area (Å²) in [7, 11) is -9.89. The number of rotatable bonds is 71. The zero-order valence-electron chi connectivity index (χ0n) is 58.3. The van der Waals surface area contributed by atoms with Crippen LogP contribution in [0.4, 0.5) is 0 Å². The number of aliphatic hydroxyl groups excluding tert-OH is 1. The Morgan fingerprint density at radius 3 is 0.756 bits per heavy atom. The van der Waals surface area contributed by atoms with E-state index in [4.69, 9.17) is 37.0 Å². The van der Waals surface area contributed by atoms with Crippen LogP contribution in [0.25, 0.3) is 0 Å². The number of carbonyl (C=O) groups is 4. The zero-order chi connectivity index (χ0) is 66.3. The van der Waals surface area contributed by atoms with Crippen LogP contribution < -0.4 is 0 Å². The highest BCUT2D eigenvalue weighted by atomic mass is 31.2. The Labute approximate surface area is 549 Å². The van der Waals surface area contributed by atoms with Crippen molar-refractivity contribution in [2.75, 3.05) is 39.6 Å². The van der Waals surface area contributed by atoms with E-state index >= 15 is 0 Å². The van der Waals surface area contributed by atoms with Crippen LogP contribution in [0.3, 0.4) is 0 Å². The van der Waals surface area contributed by atoms with E-state index in [9.17, 15) is 43.2 Å². The van der Waals surface area contributed by atoms with Gasteiger partial charge in [0, 0.05) is 25.7 Å². The number of unbranched alkanes of at least 4 members (excludes halogenated alkanes) is 43. The van der Waals surface area contributed by atoms with E-state index in [2.05, 4.69) is 34.6 Å². The fraction of sp³-hybridized carbons (Fsp3) is 0.944. The lowest BCUT2D eigenvalue weighted by molar-refractivity contribution is -0.161. The lowest BCUT2D eigenvalue weighted by atomic mass is 10.0. The van der Waals surface area contributed by atoms with E-state index in [1.165, 1.54) is 180 Å². The molecule has 534 valence electrons. The second-order valence-corrected chi connectivity index (χ2v) is 29.0. The maximum atomic E-state index is 13.0. The molecule has 0 rings (SSSR count). The van der Waals surface area contributed by atoms with Gasteiger partial charge < -0.3 is 33.8 Å². The summed E-state index contributed by atoms with van der Waals surface area (Å²) in [5, 5.41) is 10.6. The van der Waals surface area contributed by atoms with Crippen molar-refractivity contribution >= 4 is 39.5 Å². The molecule has 0 saturated heterocycles. The average molecular weight is 1330 g/mol. The smallest absolute Gasteiger partial charge is 0.462 e. The van der Waals surface area contributed by atoms with Crippen molar-refractivity contribution in [3.05, 3.63) is 0 Å². The first-order chi connectivity index (χ1) is 43.5. The molecule has 19 heteroatoms. The molecule has 0 heterocycles. The Morgan fingerprint density at radius 1 is 0.300 bits per heavy atom. The lowest BCUT2D eigenvalue weighted by Crippen LogP contribution is -2.30. The monoisotopic (exact) mass is 1320 g/mol. The minimum absolute atomic E-state index is 0.106. The van der Waals surface area contributed by atoms with Crippen molar-refractivity contribution in [3.63, 3.8) is 0 Å². The van der Waals surface area contributed by atoms with Gasteiger partial charge >= 0.3 is 39.5 Å².